The van der Waals surface area contributed by atoms with Gasteiger partial charge in [0.25, 0.3) is 0 Å². The molecule has 2 N–H and O–H groups in total. The highest BCUT2D eigenvalue weighted by molar-refractivity contribution is 5.95. The predicted molar refractivity (Wildman–Crippen MR) is 107 cm³/mol. The van der Waals surface area contributed by atoms with Gasteiger partial charge in [-0.15, -0.1) is 0 Å². The minimum Gasteiger partial charge on any atom is -0.495 e. The van der Waals surface area contributed by atoms with E-state index in [0.717, 1.165) is 12.8 Å². The van der Waals surface area contributed by atoms with Gasteiger partial charge in [-0.2, -0.15) is 0 Å². The first-order chi connectivity index (χ1) is 12.8. The van der Waals surface area contributed by atoms with Gasteiger partial charge in [-0.25, -0.2) is 0 Å². The van der Waals surface area contributed by atoms with Gasteiger partial charge in [0.15, 0.2) is 0 Å². The Hall–Kier alpha value is -2.08. The molecule has 3 atom stereocenters. The predicted octanol–water partition coefficient (Wildman–Crippen LogP) is 4.07. The van der Waals surface area contributed by atoms with Crippen molar-refractivity contribution in [2.75, 3.05) is 24.4 Å². The number of carbonyl (C=O) groups excluding carboxylic acids is 2. The number of benzene rings is 1. The average Bonchev–Trinajstić information content (AvgIpc) is 2.59. The number of rotatable bonds is 7. The number of methoxy groups -OCH3 is 1. The van der Waals surface area contributed by atoms with Crippen LogP contribution in [0, 0.1) is 17.8 Å². The first-order valence-corrected chi connectivity index (χ1v) is 9.67. The average molecular weight is 376 g/mol. The number of ether oxygens (including phenoxy) is 2. The molecule has 0 radical (unpaired) electrons. The van der Waals surface area contributed by atoms with Crippen LogP contribution in [0.3, 0.4) is 0 Å². The summed E-state index contributed by atoms with van der Waals surface area (Å²) in [5, 5.41) is 5.53. The van der Waals surface area contributed by atoms with Crippen LogP contribution in [-0.4, -0.2) is 31.6 Å². The summed E-state index contributed by atoms with van der Waals surface area (Å²) in [6.45, 7) is 8.12. The molecular weight excluding hydrogens is 344 g/mol. The number of amides is 2. The van der Waals surface area contributed by atoms with Crippen LogP contribution in [0.2, 0.25) is 0 Å². The lowest BCUT2D eigenvalue weighted by atomic mass is 9.75. The monoisotopic (exact) mass is 376 g/mol. The summed E-state index contributed by atoms with van der Waals surface area (Å²) in [6.07, 6.45) is 3.49. The highest BCUT2D eigenvalue weighted by Crippen LogP contribution is 2.35. The number of anilines is 2. The van der Waals surface area contributed by atoms with Crippen molar-refractivity contribution in [2.45, 2.75) is 53.1 Å². The van der Waals surface area contributed by atoms with Crippen molar-refractivity contribution in [1.82, 2.24) is 0 Å². The second-order valence-electron chi connectivity index (χ2n) is 7.82. The number of nitrogens with one attached hydrogen (secondary N) is 2. The molecule has 2 rings (SSSR count). The van der Waals surface area contributed by atoms with Crippen molar-refractivity contribution >= 4 is 23.2 Å². The second kappa shape index (κ2) is 9.74. The normalized spacial score (nSPS) is 22.4. The van der Waals surface area contributed by atoms with E-state index in [2.05, 4.69) is 31.4 Å². The highest BCUT2D eigenvalue weighted by Gasteiger charge is 2.31. The van der Waals surface area contributed by atoms with Gasteiger partial charge in [-0.1, -0.05) is 27.2 Å². The highest BCUT2D eigenvalue weighted by atomic mass is 16.5. The van der Waals surface area contributed by atoms with Crippen LogP contribution in [-0.2, 0) is 14.3 Å². The van der Waals surface area contributed by atoms with Crippen LogP contribution >= 0.6 is 0 Å². The molecule has 1 aromatic rings. The maximum atomic E-state index is 12.4. The molecule has 150 valence electrons. The molecule has 0 aromatic heterocycles. The molecule has 1 saturated carbocycles. The molecule has 2 amide bonds. The third-order valence-corrected chi connectivity index (χ3v) is 5.18. The van der Waals surface area contributed by atoms with E-state index in [4.69, 9.17) is 9.47 Å². The van der Waals surface area contributed by atoms with Crippen molar-refractivity contribution in [2.24, 2.45) is 17.8 Å². The Labute approximate surface area is 162 Å². The lowest BCUT2D eigenvalue weighted by Crippen LogP contribution is -2.36. The molecule has 0 saturated heterocycles. The third-order valence-electron chi connectivity index (χ3n) is 5.18. The van der Waals surface area contributed by atoms with Crippen molar-refractivity contribution in [3.8, 4) is 5.75 Å². The SMILES string of the molecule is COc1ccc(NC(C)=O)cc1NC(=O)CO[C@@H]1C[C@H](C)CC[C@@H]1C(C)C. The number of hydrogen-bond donors (Lipinski definition) is 2. The topological polar surface area (TPSA) is 76.7 Å². The molecule has 1 fully saturated rings. The van der Waals surface area contributed by atoms with Crippen LogP contribution in [0.5, 0.6) is 5.75 Å². The van der Waals surface area contributed by atoms with Gasteiger partial charge in [0, 0.05) is 12.6 Å². The largest absolute Gasteiger partial charge is 0.495 e. The summed E-state index contributed by atoms with van der Waals surface area (Å²) >= 11 is 0. The van der Waals surface area contributed by atoms with Gasteiger partial charge >= 0.3 is 0 Å². The van der Waals surface area contributed by atoms with Crippen molar-refractivity contribution in [3.05, 3.63) is 18.2 Å². The lowest BCUT2D eigenvalue weighted by molar-refractivity contribution is -0.126. The van der Waals surface area contributed by atoms with E-state index < -0.39 is 0 Å². The van der Waals surface area contributed by atoms with Gasteiger partial charge in [0.2, 0.25) is 11.8 Å². The maximum Gasteiger partial charge on any atom is 0.250 e. The fourth-order valence-electron chi connectivity index (χ4n) is 3.76. The van der Waals surface area contributed by atoms with Crippen LogP contribution < -0.4 is 15.4 Å². The fraction of sp³-hybridized carbons (Fsp3) is 0.619. The zero-order valence-electron chi connectivity index (χ0n) is 17.0. The quantitative estimate of drug-likeness (QED) is 0.752. The van der Waals surface area contributed by atoms with Crippen molar-refractivity contribution < 1.29 is 19.1 Å². The molecule has 1 aromatic carbocycles. The number of carbonyl (C=O) groups is 2. The third kappa shape index (κ3) is 6.24. The summed E-state index contributed by atoms with van der Waals surface area (Å²) in [5.41, 5.74) is 1.11. The molecule has 27 heavy (non-hydrogen) atoms. The van der Waals surface area contributed by atoms with Gasteiger partial charge in [0.1, 0.15) is 12.4 Å². The standard InChI is InChI=1S/C21H32N2O4/c1-13(2)17-8-6-14(3)10-20(17)27-12-21(25)23-18-11-16(22-15(4)24)7-9-19(18)26-5/h7,9,11,13-14,17,20H,6,8,10,12H2,1-5H3,(H,22,24)(H,23,25)/t14-,17-,20-/m1/s1. The Balaban J connectivity index is 1.99. The van der Waals surface area contributed by atoms with E-state index in [1.807, 2.05) is 0 Å². The summed E-state index contributed by atoms with van der Waals surface area (Å²) in [6, 6.07) is 5.11. The van der Waals surface area contributed by atoms with Gasteiger partial charge < -0.3 is 20.1 Å². The van der Waals surface area contributed by atoms with Crippen LogP contribution in [0.1, 0.15) is 47.0 Å². The Kier molecular flexibility index (Phi) is 7.66. The molecule has 0 unspecified atom stereocenters. The van der Waals surface area contributed by atoms with Gasteiger partial charge in [-0.05, 0) is 48.8 Å². The maximum absolute atomic E-state index is 12.4. The second-order valence-corrected chi connectivity index (χ2v) is 7.82. The van der Waals surface area contributed by atoms with Crippen LogP contribution in [0.15, 0.2) is 18.2 Å². The van der Waals surface area contributed by atoms with E-state index in [-0.39, 0.29) is 24.5 Å². The number of hydrogen-bond acceptors (Lipinski definition) is 4. The summed E-state index contributed by atoms with van der Waals surface area (Å²) in [4.78, 5) is 23.7. The molecule has 0 spiro atoms. The zero-order valence-corrected chi connectivity index (χ0v) is 17.0. The first kappa shape index (κ1) is 21.2. The molecular formula is C21H32N2O4. The first-order valence-electron chi connectivity index (χ1n) is 9.67. The van der Waals surface area contributed by atoms with E-state index in [0.29, 0.717) is 34.9 Å². The van der Waals surface area contributed by atoms with E-state index >= 15 is 0 Å². The zero-order chi connectivity index (χ0) is 20.0. The van der Waals surface area contributed by atoms with Crippen molar-refractivity contribution in [1.29, 1.82) is 0 Å². The van der Waals surface area contributed by atoms with E-state index in [1.54, 1.807) is 18.2 Å². The van der Waals surface area contributed by atoms with Crippen molar-refractivity contribution in [3.63, 3.8) is 0 Å². The molecule has 0 bridgehead atoms. The fourth-order valence-corrected chi connectivity index (χ4v) is 3.76. The Morgan fingerprint density at radius 2 is 1.96 bits per heavy atom. The van der Waals surface area contributed by atoms with Crippen LogP contribution in [0.25, 0.3) is 0 Å². The molecule has 0 heterocycles. The Morgan fingerprint density at radius 1 is 1.22 bits per heavy atom. The lowest BCUT2D eigenvalue weighted by Gasteiger charge is -2.37. The van der Waals surface area contributed by atoms with Gasteiger partial charge in [0.05, 0.1) is 18.9 Å². The molecule has 6 heteroatoms. The summed E-state index contributed by atoms with van der Waals surface area (Å²) in [5.74, 6) is 1.79. The minimum absolute atomic E-state index is 0.00806. The van der Waals surface area contributed by atoms with Crippen LogP contribution in [0.4, 0.5) is 11.4 Å². The molecule has 1 aliphatic carbocycles. The minimum atomic E-state index is -0.228. The van der Waals surface area contributed by atoms with Gasteiger partial charge in [-0.3, -0.25) is 9.59 Å². The Bertz CT molecular complexity index is 660. The summed E-state index contributed by atoms with van der Waals surface area (Å²) < 4.78 is 11.3. The smallest absolute Gasteiger partial charge is 0.250 e. The Morgan fingerprint density at radius 3 is 2.59 bits per heavy atom. The van der Waals surface area contributed by atoms with E-state index in [1.165, 1.54) is 20.5 Å². The summed E-state index contributed by atoms with van der Waals surface area (Å²) in [7, 11) is 1.54. The molecule has 6 nitrogen and oxygen atoms in total. The molecule has 1 aliphatic rings. The molecule has 0 aliphatic heterocycles. The van der Waals surface area contributed by atoms with E-state index in [9.17, 15) is 9.59 Å².